The summed E-state index contributed by atoms with van der Waals surface area (Å²) in [4.78, 5) is 22.9. The van der Waals surface area contributed by atoms with Gasteiger partial charge in [-0.1, -0.05) is 0 Å². The van der Waals surface area contributed by atoms with Crippen LogP contribution in [-0.4, -0.2) is 48.0 Å². The Morgan fingerprint density at radius 1 is 1.12 bits per heavy atom. The molecule has 0 N–H and O–H groups in total. The van der Waals surface area contributed by atoms with Crippen molar-refractivity contribution in [3.63, 3.8) is 0 Å². The molecule has 140 valence electrons. The number of carbonyl (C=O) groups is 1. The van der Waals surface area contributed by atoms with Gasteiger partial charge < -0.3 is 14.5 Å². The molecule has 0 aliphatic heterocycles. The van der Waals surface area contributed by atoms with Crippen molar-refractivity contribution in [1.29, 1.82) is 0 Å². The second-order valence-corrected chi connectivity index (χ2v) is 5.70. The highest BCUT2D eigenvalue weighted by atomic mass is 19.4. The molecule has 0 spiro atoms. The van der Waals surface area contributed by atoms with E-state index in [0.29, 0.717) is 18.9 Å². The molecule has 26 heavy (non-hydrogen) atoms. The normalized spacial score (nSPS) is 11.2. The number of likely N-dealkylation sites (N-methyl/N-ethyl adjacent to an activating group) is 2. The van der Waals surface area contributed by atoms with E-state index in [-0.39, 0.29) is 17.5 Å². The fourth-order valence-electron chi connectivity index (χ4n) is 1.98. The second kappa shape index (κ2) is 8.03. The van der Waals surface area contributed by atoms with Gasteiger partial charge in [-0.3, -0.25) is 9.78 Å². The zero-order valence-electron chi connectivity index (χ0n) is 14.6. The highest BCUT2D eigenvalue weighted by molar-refractivity contribution is 5.72. The lowest BCUT2D eigenvalue weighted by Crippen LogP contribution is -2.33. The van der Waals surface area contributed by atoms with Gasteiger partial charge in [0.05, 0.1) is 18.0 Å². The molecule has 2 rings (SSSR count). The molecule has 0 aliphatic carbocycles. The van der Waals surface area contributed by atoms with Gasteiger partial charge in [-0.25, -0.2) is 0 Å². The van der Waals surface area contributed by atoms with Crippen LogP contribution in [0.15, 0.2) is 36.7 Å². The second-order valence-electron chi connectivity index (χ2n) is 5.70. The molecule has 0 radical (unpaired) electrons. The summed E-state index contributed by atoms with van der Waals surface area (Å²) in [5, 5.41) is 0. The van der Waals surface area contributed by atoms with Crippen LogP contribution in [0.3, 0.4) is 0 Å². The summed E-state index contributed by atoms with van der Waals surface area (Å²) < 4.78 is 43.2. The largest absolute Gasteiger partial charge is 0.437 e. The zero-order valence-corrected chi connectivity index (χ0v) is 14.6. The molecule has 9 heteroatoms. The smallest absolute Gasteiger partial charge is 0.416 e. The van der Waals surface area contributed by atoms with E-state index in [2.05, 4.69) is 9.97 Å². The maximum Gasteiger partial charge on any atom is 0.416 e. The molecule has 6 nitrogen and oxygen atoms in total. The first-order valence-corrected chi connectivity index (χ1v) is 7.77. The van der Waals surface area contributed by atoms with Crippen LogP contribution in [0.5, 0.6) is 11.6 Å². The topological polar surface area (TPSA) is 58.6 Å². The lowest BCUT2D eigenvalue weighted by Gasteiger charge is -2.22. The van der Waals surface area contributed by atoms with Crippen molar-refractivity contribution in [3.8, 4) is 11.6 Å². The number of halogens is 3. The molecule has 0 saturated heterocycles. The summed E-state index contributed by atoms with van der Waals surface area (Å²) in [7, 11) is 3.49. The third-order valence-electron chi connectivity index (χ3n) is 3.70. The Labute approximate surface area is 149 Å². The lowest BCUT2D eigenvalue weighted by atomic mass is 10.2. The standard InChI is InChI=1S/C17H19F3N4O2/c1-12(25)23(2)8-9-24(3)15-10-21-11-16(22-15)26-14-6-4-13(5-7-14)17(18,19)20/h4-7,10-11H,8-9H2,1-3H3. The molecule has 1 heterocycles. The van der Waals surface area contributed by atoms with Crippen molar-refractivity contribution < 1.29 is 22.7 Å². The molecule has 0 unspecified atom stereocenters. The van der Waals surface area contributed by atoms with Crippen LogP contribution in [0.25, 0.3) is 0 Å². The Hall–Kier alpha value is -2.84. The number of hydrogen-bond donors (Lipinski definition) is 0. The van der Waals surface area contributed by atoms with Crippen molar-refractivity contribution in [2.45, 2.75) is 13.1 Å². The first-order valence-electron chi connectivity index (χ1n) is 7.77. The molecule has 1 aromatic carbocycles. The first kappa shape index (κ1) is 19.5. The number of rotatable bonds is 6. The van der Waals surface area contributed by atoms with Crippen LogP contribution >= 0.6 is 0 Å². The van der Waals surface area contributed by atoms with E-state index in [4.69, 9.17) is 4.74 Å². The van der Waals surface area contributed by atoms with Gasteiger partial charge in [-0.15, -0.1) is 0 Å². The van der Waals surface area contributed by atoms with E-state index in [1.54, 1.807) is 23.9 Å². The van der Waals surface area contributed by atoms with E-state index < -0.39 is 11.7 Å². The summed E-state index contributed by atoms with van der Waals surface area (Å²) in [5.74, 6) is 0.868. The Bertz CT molecular complexity index is 750. The number of aromatic nitrogens is 2. The van der Waals surface area contributed by atoms with Gasteiger partial charge in [0.25, 0.3) is 0 Å². The van der Waals surface area contributed by atoms with Gasteiger partial charge in [0.1, 0.15) is 5.75 Å². The molecule has 0 atom stereocenters. The summed E-state index contributed by atoms with van der Waals surface area (Å²) >= 11 is 0. The fraction of sp³-hybridized carbons (Fsp3) is 0.353. The first-order chi connectivity index (χ1) is 12.2. The number of hydrogen-bond acceptors (Lipinski definition) is 5. The monoisotopic (exact) mass is 368 g/mol. The van der Waals surface area contributed by atoms with E-state index in [1.807, 2.05) is 0 Å². The molecule has 0 saturated carbocycles. The van der Waals surface area contributed by atoms with E-state index in [1.165, 1.54) is 31.5 Å². The number of amides is 1. The van der Waals surface area contributed by atoms with Gasteiger partial charge in [-0.2, -0.15) is 18.2 Å². The molecule has 1 aromatic heterocycles. The molecular weight excluding hydrogens is 349 g/mol. The number of nitrogens with zero attached hydrogens (tertiary/aromatic N) is 4. The highest BCUT2D eigenvalue weighted by Gasteiger charge is 2.30. The Morgan fingerprint density at radius 3 is 2.35 bits per heavy atom. The Balaban J connectivity index is 2.03. The van der Waals surface area contributed by atoms with E-state index >= 15 is 0 Å². The third-order valence-corrected chi connectivity index (χ3v) is 3.70. The summed E-state index contributed by atoms with van der Waals surface area (Å²) in [6.07, 6.45) is -1.49. The van der Waals surface area contributed by atoms with Crippen LogP contribution in [0, 0.1) is 0 Å². The maximum absolute atomic E-state index is 12.6. The molecule has 1 amide bonds. The van der Waals surface area contributed by atoms with Crippen molar-refractivity contribution in [3.05, 3.63) is 42.2 Å². The number of ether oxygens (including phenoxy) is 1. The number of benzene rings is 1. The van der Waals surface area contributed by atoms with Crippen LogP contribution in [0.1, 0.15) is 12.5 Å². The van der Waals surface area contributed by atoms with Crippen molar-refractivity contribution in [1.82, 2.24) is 14.9 Å². The van der Waals surface area contributed by atoms with Crippen molar-refractivity contribution in [2.75, 3.05) is 32.1 Å². The molecule has 0 aliphatic rings. The Morgan fingerprint density at radius 2 is 1.77 bits per heavy atom. The fourth-order valence-corrected chi connectivity index (χ4v) is 1.98. The predicted octanol–water partition coefficient (Wildman–Crippen LogP) is 3.20. The number of carbonyl (C=O) groups excluding carboxylic acids is 1. The van der Waals surface area contributed by atoms with Crippen LogP contribution < -0.4 is 9.64 Å². The van der Waals surface area contributed by atoms with E-state index in [0.717, 1.165) is 12.1 Å². The number of anilines is 1. The quantitative estimate of drug-likeness (QED) is 0.784. The predicted molar refractivity (Wildman–Crippen MR) is 90.1 cm³/mol. The van der Waals surface area contributed by atoms with Crippen molar-refractivity contribution in [2.24, 2.45) is 0 Å². The molecular formula is C17H19F3N4O2. The van der Waals surface area contributed by atoms with Crippen LogP contribution in [0.2, 0.25) is 0 Å². The van der Waals surface area contributed by atoms with Gasteiger partial charge >= 0.3 is 6.18 Å². The maximum atomic E-state index is 12.6. The zero-order chi connectivity index (χ0) is 19.3. The average molecular weight is 368 g/mol. The molecule has 2 aromatic rings. The third kappa shape index (κ3) is 5.33. The van der Waals surface area contributed by atoms with E-state index in [9.17, 15) is 18.0 Å². The van der Waals surface area contributed by atoms with Gasteiger partial charge in [0.2, 0.25) is 11.8 Å². The number of alkyl halides is 3. The molecule has 0 fully saturated rings. The van der Waals surface area contributed by atoms with Gasteiger partial charge in [0, 0.05) is 34.1 Å². The van der Waals surface area contributed by atoms with Gasteiger partial charge in [0.15, 0.2) is 5.82 Å². The van der Waals surface area contributed by atoms with Gasteiger partial charge in [-0.05, 0) is 24.3 Å². The molecule has 0 bridgehead atoms. The van der Waals surface area contributed by atoms with Crippen LogP contribution in [-0.2, 0) is 11.0 Å². The summed E-state index contributed by atoms with van der Waals surface area (Å²) in [6.45, 7) is 2.53. The SMILES string of the molecule is CC(=O)N(C)CCN(C)c1cncc(Oc2ccc(C(F)(F)F)cc2)n1. The minimum Gasteiger partial charge on any atom is -0.437 e. The average Bonchev–Trinajstić information content (AvgIpc) is 2.59. The summed E-state index contributed by atoms with van der Waals surface area (Å²) in [6, 6.07) is 4.33. The minimum atomic E-state index is -4.39. The lowest BCUT2D eigenvalue weighted by molar-refractivity contribution is -0.137. The Kier molecular flexibility index (Phi) is 6.01. The van der Waals surface area contributed by atoms with Crippen LogP contribution in [0.4, 0.5) is 19.0 Å². The van der Waals surface area contributed by atoms with Crippen molar-refractivity contribution >= 4 is 11.7 Å². The summed E-state index contributed by atoms with van der Waals surface area (Å²) in [5.41, 5.74) is -0.751. The highest BCUT2D eigenvalue weighted by Crippen LogP contribution is 2.31. The minimum absolute atomic E-state index is 0.0381.